The minimum absolute atomic E-state index is 0.102. The minimum atomic E-state index is -4.44. The Hall–Kier alpha value is -2.53. The molecule has 2 aromatic rings. The van der Waals surface area contributed by atoms with Crippen LogP contribution < -0.4 is 21.7 Å². The van der Waals surface area contributed by atoms with Crippen molar-refractivity contribution in [1.82, 2.24) is 10.1 Å². The third kappa shape index (κ3) is 4.78. The molecule has 0 heterocycles. The maximum absolute atomic E-state index is 14.6. The van der Waals surface area contributed by atoms with E-state index in [0.29, 0.717) is 5.56 Å². The van der Waals surface area contributed by atoms with Crippen molar-refractivity contribution < 1.29 is 22.4 Å². The second-order valence-corrected chi connectivity index (χ2v) is 8.92. The van der Waals surface area contributed by atoms with Crippen LogP contribution in [0.15, 0.2) is 35.2 Å². The van der Waals surface area contributed by atoms with Crippen LogP contribution in [0.2, 0.25) is 5.02 Å². The number of hydrazine groups is 1. The van der Waals surface area contributed by atoms with Gasteiger partial charge < -0.3 is 5.73 Å². The molecule has 0 aliphatic heterocycles. The highest BCUT2D eigenvalue weighted by molar-refractivity contribution is 7.89. The number of halogens is 2. The fourth-order valence-corrected chi connectivity index (χ4v) is 4.80. The molecule has 2 rings (SSSR count). The van der Waals surface area contributed by atoms with Crippen LogP contribution in [-0.2, 0) is 14.8 Å². The highest BCUT2D eigenvalue weighted by Gasteiger charge is 2.34. The van der Waals surface area contributed by atoms with Gasteiger partial charge in [0.05, 0.1) is 10.5 Å². The first-order valence-electron chi connectivity index (χ1n) is 8.78. The van der Waals surface area contributed by atoms with Crippen molar-refractivity contribution in [2.45, 2.75) is 37.6 Å². The summed E-state index contributed by atoms with van der Waals surface area (Å²) in [6, 6.07) is 4.79. The van der Waals surface area contributed by atoms with E-state index in [9.17, 15) is 22.4 Å². The lowest BCUT2D eigenvalue weighted by Crippen LogP contribution is -2.51. The van der Waals surface area contributed by atoms with Gasteiger partial charge in [-0.15, -0.1) is 0 Å². The Balaban J connectivity index is 2.57. The van der Waals surface area contributed by atoms with E-state index in [2.05, 4.69) is 4.72 Å². The summed E-state index contributed by atoms with van der Waals surface area (Å²) in [5, 5.41) is 0.102. The molecule has 0 bridgehead atoms. The van der Waals surface area contributed by atoms with Gasteiger partial charge in [0.1, 0.15) is 11.9 Å². The zero-order chi connectivity index (χ0) is 22.8. The zero-order valence-electron chi connectivity index (χ0n) is 16.5. The number of nitrogens with one attached hydrogen (secondary N) is 2. The second-order valence-electron chi connectivity index (χ2n) is 6.80. The summed E-state index contributed by atoms with van der Waals surface area (Å²) in [7, 11) is -4.44. The Bertz CT molecular complexity index is 1110. The molecule has 6 N–H and O–H groups in total. The van der Waals surface area contributed by atoms with Gasteiger partial charge in [-0.25, -0.2) is 18.7 Å². The van der Waals surface area contributed by atoms with Crippen LogP contribution in [0.4, 0.5) is 4.39 Å². The van der Waals surface area contributed by atoms with Crippen molar-refractivity contribution in [1.29, 1.82) is 0 Å². The molecule has 11 heteroatoms. The van der Waals surface area contributed by atoms with E-state index in [-0.39, 0.29) is 16.1 Å². The van der Waals surface area contributed by atoms with E-state index in [1.807, 2.05) is 5.43 Å². The molecule has 2 aromatic carbocycles. The van der Waals surface area contributed by atoms with Crippen LogP contribution in [0.25, 0.3) is 0 Å². The summed E-state index contributed by atoms with van der Waals surface area (Å²) in [5.41, 5.74) is 8.30. The zero-order valence-corrected chi connectivity index (χ0v) is 18.1. The van der Waals surface area contributed by atoms with E-state index in [1.54, 1.807) is 19.9 Å². The van der Waals surface area contributed by atoms with Gasteiger partial charge in [0.15, 0.2) is 0 Å². The fraction of sp³-hybridized carbons (Fsp3) is 0.263. The van der Waals surface area contributed by atoms with Crippen molar-refractivity contribution >= 4 is 33.4 Å². The predicted molar refractivity (Wildman–Crippen MR) is 111 cm³/mol. The normalized spacial score (nSPS) is 13.5. The lowest BCUT2D eigenvalue weighted by molar-refractivity contribution is -0.123. The van der Waals surface area contributed by atoms with Gasteiger partial charge in [0.25, 0.3) is 5.91 Å². The quantitative estimate of drug-likeness (QED) is 0.284. The SMILES string of the molecule is Cc1ccc(F)c([C@@H](C)[C@H](NS(=O)(=O)c2ccc(Cl)cc2C(N)=O)C(=O)NN)c1C. The molecule has 0 radical (unpaired) electrons. The summed E-state index contributed by atoms with van der Waals surface area (Å²) < 4.78 is 42.8. The number of hydrogen-bond donors (Lipinski definition) is 4. The van der Waals surface area contributed by atoms with Crippen molar-refractivity contribution in [2.75, 3.05) is 0 Å². The summed E-state index contributed by atoms with van der Waals surface area (Å²) in [5.74, 6) is 1.79. The van der Waals surface area contributed by atoms with Gasteiger partial charge in [-0.1, -0.05) is 24.6 Å². The van der Waals surface area contributed by atoms with Gasteiger partial charge in [-0.05, 0) is 54.8 Å². The molecule has 0 aromatic heterocycles. The van der Waals surface area contributed by atoms with Gasteiger partial charge in [-0.3, -0.25) is 15.0 Å². The van der Waals surface area contributed by atoms with Gasteiger partial charge in [0.2, 0.25) is 15.9 Å². The number of benzene rings is 2. The van der Waals surface area contributed by atoms with Crippen LogP contribution in [0.3, 0.4) is 0 Å². The molecule has 0 aliphatic carbocycles. The molecule has 0 unspecified atom stereocenters. The molecule has 30 heavy (non-hydrogen) atoms. The number of primary amides is 1. The van der Waals surface area contributed by atoms with Crippen LogP contribution in [0.5, 0.6) is 0 Å². The Morgan fingerprint density at radius 2 is 1.80 bits per heavy atom. The number of carbonyl (C=O) groups is 2. The molecule has 2 amide bonds. The van der Waals surface area contributed by atoms with E-state index in [1.165, 1.54) is 19.1 Å². The number of carbonyl (C=O) groups excluding carboxylic acids is 2. The molecule has 162 valence electrons. The highest BCUT2D eigenvalue weighted by Crippen LogP contribution is 2.29. The smallest absolute Gasteiger partial charge is 0.252 e. The van der Waals surface area contributed by atoms with Crippen molar-refractivity contribution in [3.05, 3.63) is 63.4 Å². The number of sulfonamides is 1. The van der Waals surface area contributed by atoms with Gasteiger partial charge >= 0.3 is 0 Å². The maximum Gasteiger partial charge on any atom is 0.252 e. The van der Waals surface area contributed by atoms with E-state index < -0.39 is 44.5 Å². The first-order valence-corrected chi connectivity index (χ1v) is 10.6. The molecular formula is C19H22ClFN4O4S. The lowest BCUT2D eigenvalue weighted by atomic mass is 9.88. The highest BCUT2D eigenvalue weighted by atomic mass is 35.5. The number of nitrogens with two attached hydrogens (primary N) is 2. The number of amides is 2. The largest absolute Gasteiger partial charge is 0.366 e. The van der Waals surface area contributed by atoms with Crippen LogP contribution >= 0.6 is 11.6 Å². The van der Waals surface area contributed by atoms with E-state index in [0.717, 1.165) is 17.7 Å². The minimum Gasteiger partial charge on any atom is -0.366 e. The van der Waals surface area contributed by atoms with E-state index in [4.69, 9.17) is 23.2 Å². The first-order chi connectivity index (χ1) is 13.9. The Kier molecular flexibility index (Phi) is 7.19. The number of aryl methyl sites for hydroxylation is 1. The standard InChI is InChI=1S/C19H22ClFN4O4S/c1-9-4-6-14(21)16(10(9)2)11(3)17(19(27)24-23)25-30(28,29)15-7-5-12(20)8-13(15)18(22)26/h4-8,11,17,25H,23H2,1-3H3,(H2,22,26)(H,24,27)/t11-,17+/m1/s1. The van der Waals surface area contributed by atoms with Crippen LogP contribution in [0, 0.1) is 19.7 Å². The molecule has 0 saturated carbocycles. The summed E-state index contributed by atoms with van der Waals surface area (Å²) in [6.07, 6.45) is 0. The van der Waals surface area contributed by atoms with Gasteiger partial charge in [0, 0.05) is 10.9 Å². The Morgan fingerprint density at radius 1 is 1.17 bits per heavy atom. The number of hydrogen-bond acceptors (Lipinski definition) is 5. The van der Waals surface area contributed by atoms with Crippen LogP contribution in [0.1, 0.15) is 39.9 Å². The van der Waals surface area contributed by atoms with Crippen molar-refractivity contribution in [2.24, 2.45) is 11.6 Å². The monoisotopic (exact) mass is 456 g/mol. The Morgan fingerprint density at radius 3 is 2.37 bits per heavy atom. The molecule has 8 nitrogen and oxygen atoms in total. The Labute approximate surface area is 178 Å². The summed E-state index contributed by atoms with van der Waals surface area (Å²) in [6.45, 7) is 4.92. The second kappa shape index (κ2) is 9.09. The van der Waals surface area contributed by atoms with Crippen molar-refractivity contribution in [3.63, 3.8) is 0 Å². The molecule has 0 saturated heterocycles. The average Bonchev–Trinajstić information content (AvgIpc) is 2.68. The molecule has 2 atom stereocenters. The maximum atomic E-state index is 14.6. The summed E-state index contributed by atoms with van der Waals surface area (Å²) in [4.78, 5) is 23.6. The molecular weight excluding hydrogens is 435 g/mol. The predicted octanol–water partition coefficient (Wildman–Crippen LogP) is 1.64. The molecule has 0 spiro atoms. The summed E-state index contributed by atoms with van der Waals surface area (Å²) >= 11 is 5.82. The lowest BCUT2D eigenvalue weighted by Gasteiger charge is -2.26. The first kappa shape index (κ1) is 23.7. The number of rotatable bonds is 7. The van der Waals surface area contributed by atoms with Gasteiger partial charge in [-0.2, -0.15) is 4.72 Å². The molecule has 0 fully saturated rings. The molecule has 0 aliphatic rings. The average molecular weight is 457 g/mol. The fourth-order valence-electron chi connectivity index (χ4n) is 3.16. The third-order valence-corrected chi connectivity index (χ3v) is 6.63. The van der Waals surface area contributed by atoms with Crippen LogP contribution in [-0.4, -0.2) is 26.3 Å². The third-order valence-electron chi connectivity index (χ3n) is 4.89. The van der Waals surface area contributed by atoms with Crippen molar-refractivity contribution in [3.8, 4) is 0 Å². The van der Waals surface area contributed by atoms with E-state index >= 15 is 0 Å². The topological polar surface area (TPSA) is 144 Å².